The maximum absolute atomic E-state index is 12.1. The number of carbonyl (C=O) groups excluding carboxylic acids is 1. The van der Waals surface area contributed by atoms with Crippen molar-refractivity contribution in [3.63, 3.8) is 0 Å². The molecule has 0 aliphatic carbocycles. The van der Waals surface area contributed by atoms with Gasteiger partial charge in [0.15, 0.2) is 0 Å². The van der Waals surface area contributed by atoms with Crippen LogP contribution in [0, 0.1) is 11.3 Å². The van der Waals surface area contributed by atoms with Gasteiger partial charge in [0, 0.05) is 0 Å². The van der Waals surface area contributed by atoms with Crippen molar-refractivity contribution in [1.82, 2.24) is 0 Å². The molecule has 1 aromatic carbocycles. The summed E-state index contributed by atoms with van der Waals surface area (Å²) in [6.07, 6.45) is -5.18. The number of esters is 1. The van der Waals surface area contributed by atoms with Crippen molar-refractivity contribution in [3.8, 4) is 11.8 Å². The lowest BCUT2D eigenvalue weighted by Crippen LogP contribution is -2.18. The largest absolute Gasteiger partial charge is 0.573 e. The van der Waals surface area contributed by atoms with Crippen LogP contribution in [0.25, 0.3) is 0 Å². The summed E-state index contributed by atoms with van der Waals surface area (Å²) in [6.45, 7) is 1.76. The van der Waals surface area contributed by atoms with Crippen LogP contribution in [0.4, 0.5) is 13.2 Å². The number of carbonyl (C=O) groups is 1. The van der Waals surface area contributed by atoms with E-state index < -0.39 is 18.1 Å². The highest BCUT2D eigenvalue weighted by Crippen LogP contribution is 2.28. The zero-order valence-corrected chi connectivity index (χ0v) is 9.95. The summed E-state index contributed by atoms with van der Waals surface area (Å²) in [6, 6.07) is 5.26. The fourth-order valence-corrected chi connectivity index (χ4v) is 1.43. The Morgan fingerprint density at radius 2 is 2.11 bits per heavy atom. The van der Waals surface area contributed by atoms with Gasteiger partial charge in [-0.3, -0.25) is 4.79 Å². The molecule has 0 aliphatic rings. The smallest absolute Gasteiger partial charge is 0.466 e. The van der Waals surface area contributed by atoms with Crippen LogP contribution < -0.4 is 4.74 Å². The standard InChI is InChI=1S/C12H10F3NO3/c1-2-18-11(17)6-8-4-3-5-10(9(8)7-16)19-12(13,14)15/h3-5H,2,6H2,1H3. The molecular weight excluding hydrogens is 263 g/mol. The average molecular weight is 273 g/mol. The zero-order valence-electron chi connectivity index (χ0n) is 9.95. The normalized spacial score (nSPS) is 10.7. The van der Waals surface area contributed by atoms with Crippen LogP contribution >= 0.6 is 0 Å². The van der Waals surface area contributed by atoms with Crippen LogP contribution in [0.3, 0.4) is 0 Å². The van der Waals surface area contributed by atoms with E-state index in [1.807, 2.05) is 0 Å². The van der Waals surface area contributed by atoms with Gasteiger partial charge in [-0.05, 0) is 18.6 Å². The third-order valence-corrected chi connectivity index (χ3v) is 2.09. The van der Waals surface area contributed by atoms with Gasteiger partial charge in [0.25, 0.3) is 0 Å². The summed E-state index contributed by atoms with van der Waals surface area (Å²) in [5.41, 5.74) is -0.199. The molecule has 0 spiro atoms. The van der Waals surface area contributed by atoms with E-state index in [0.29, 0.717) is 0 Å². The van der Waals surface area contributed by atoms with Gasteiger partial charge >= 0.3 is 12.3 Å². The highest BCUT2D eigenvalue weighted by Gasteiger charge is 2.32. The first-order valence-electron chi connectivity index (χ1n) is 5.30. The van der Waals surface area contributed by atoms with Crippen LogP contribution in [0.1, 0.15) is 18.1 Å². The number of ether oxygens (including phenoxy) is 2. The van der Waals surface area contributed by atoms with Crippen LogP contribution in [0.15, 0.2) is 18.2 Å². The topological polar surface area (TPSA) is 59.3 Å². The number of rotatable bonds is 4. The first kappa shape index (κ1) is 14.8. The molecule has 0 unspecified atom stereocenters. The number of hydrogen-bond donors (Lipinski definition) is 0. The summed E-state index contributed by atoms with van der Waals surface area (Å²) in [5, 5.41) is 8.89. The summed E-state index contributed by atoms with van der Waals surface area (Å²) in [4.78, 5) is 11.3. The van der Waals surface area contributed by atoms with Crippen molar-refractivity contribution in [3.05, 3.63) is 29.3 Å². The molecule has 0 fully saturated rings. The first-order chi connectivity index (χ1) is 8.87. The molecule has 7 heteroatoms. The van der Waals surface area contributed by atoms with Crippen LogP contribution in [-0.4, -0.2) is 18.9 Å². The van der Waals surface area contributed by atoms with Crippen molar-refractivity contribution in [2.75, 3.05) is 6.61 Å². The highest BCUT2D eigenvalue weighted by molar-refractivity contribution is 5.74. The molecule has 19 heavy (non-hydrogen) atoms. The molecule has 0 N–H and O–H groups in total. The Morgan fingerprint density at radius 3 is 2.63 bits per heavy atom. The lowest BCUT2D eigenvalue weighted by Gasteiger charge is -2.12. The maximum Gasteiger partial charge on any atom is 0.573 e. The van der Waals surface area contributed by atoms with Gasteiger partial charge in [-0.1, -0.05) is 12.1 Å². The predicted molar refractivity (Wildman–Crippen MR) is 58.2 cm³/mol. The van der Waals surface area contributed by atoms with Crippen molar-refractivity contribution in [2.24, 2.45) is 0 Å². The Bertz CT molecular complexity index is 506. The van der Waals surface area contributed by atoms with E-state index in [4.69, 9.17) is 5.26 Å². The van der Waals surface area contributed by atoms with Gasteiger partial charge in [-0.25, -0.2) is 0 Å². The van der Waals surface area contributed by atoms with Gasteiger partial charge in [0.05, 0.1) is 18.6 Å². The molecule has 0 saturated heterocycles. The minimum Gasteiger partial charge on any atom is -0.466 e. The molecule has 0 aliphatic heterocycles. The Labute approximate surface area is 107 Å². The molecule has 0 saturated carbocycles. The molecular formula is C12H10F3NO3. The Morgan fingerprint density at radius 1 is 1.42 bits per heavy atom. The minimum absolute atomic E-state index is 0.128. The molecule has 1 aromatic rings. The lowest BCUT2D eigenvalue weighted by atomic mass is 10.0. The zero-order chi connectivity index (χ0) is 14.5. The summed E-state index contributed by atoms with van der Waals surface area (Å²) >= 11 is 0. The molecule has 0 atom stereocenters. The molecule has 0 bridgehead atoms. The second-order valence-electron chi connectivity index (χ2n) is 3.43. The van der Waals surface area contributed by atoms with E-state index in [1.165, 1.54) is 12.1 Å². The van der Waals surface area contributed by atoms with Crippen molar-refractivity contribution in [1.29, 1.82) is 5.26 Å². The Hall–Kier alpha value is -2.23. The number of hydrogen-bond acceptors (Lipinski definition) is 4. The molecule has 0 aromatic heterocycles. The SMILES string of the molecule is CCOC(=O)Cc1cccc(OC(F)(F)F)c1C#N. The van der Waals surface area contributed by atoms with Crippen LogP contribution in [0.2, 0.25) is 0 Å². The Kier molecular flexibility index (Phi) is 4.75. The molecule has 0 heterocycles. The number of halogens is 3. The van der Waals surface area contributed by atoms with Gasteiger partial charge in [-0.2, -0.15) is 5.26 Å². The second-order valence-corrected chi connectivity index (χ2v) is 3.43. The minimum atomic E-state index is -4.89. The van der Waals surface area contributed by atoms with Gasteiger partial charge in [0.1, 0.15) is 11.8 Å². The van der Waals surface area contributed by atoms with E-state index in [1.54, 1.807) is 13.0 Å². The van der Waals surface area contributed by atoms with Gasteiger partial charge in [-0.15, -0.1) is 13.2 Å². The van der Waals surface area contributed by atoms with Gasteiger partial charge < -0.3 is 9.47 Å². The lowest BCUT2D eigenvalue weighted by molar-refractivity contribution is -0.274. The highest BCUT2D eigenvalue weighted by atomic mass is 19.4. The third-order valence-electron chi connectivity index (χ3n) is 2.09. The quantitative estimate of drug-likeness (QED) is 0.791. The number of nitrogens with zero attached hydrogens (tertiary/aromatic N) is 1. The number of nitriles is 1. The van der Waals surface area contributed by atoms with E-state index >= 15 is 0 Å². The van der Waals surface area contributed by atoms with E-state index in [9.17, 15) is 18.0 Å². The molecule has 1 rings (SSSR count). The van der Waals surface area contributed by atoms with Crippen LogP contribution in [-0.2, 0) is 16.0 Å². The van der Waals surface area contributed by atoms with Gasteiger partial charge in [0.2, 0.25) is 0 Å². The fraction of sp³-hybridized carbons (Fsp3) is 0.333. The van der Waals surface area contributed by atoms with E-state index in [0.717, 1.165) is 6.07 Å². The predicted octanol–water partition coefficient (Wildman–Crippen LogP) is 2.56. The first-order valence-corrected chi connectivity index (χ1v) is 5.30. The summed E-state index contributed by atoms with van der Waals surface area (Å²) < 4.78 is 44.9. The summed E-state index contributed by atoms with van der Waals surface area (Å²) in [5.74, 6) is -1.25. The number of alkyl halides is 3. The maximum atomic E-state index is 12.1. The molecule has 0 amide bonds. The fourth-order valence-electron chi connectivity index (χ4n) is 1.43. The van der Waals surface area contributed by atoms with Crippen molar-refractivity contribution in [2.45, 2.75) is 19.7 Å². The van der Waals surface area contributed by atoms with Crippen molar-refractivity contribution >= 4 is 5.97 Å². The van der Waals surface area contributed by atoms with Crippen LogP contribution in [0.5, 0.6) is 5.75 Å². The monoisotopic (exact) mass is 273 g/mol. The molecule has 4 nitrogen and oxygen atoms in total. The number of benzene rings is 1. The van der Waals surface area contributed by atoms with E-state index in [-0.39, 0.29) is 24.2 Å². The van der Waals surface area contributed by atoms with Crippen molar-refractivity contribution < 1.29 is 27.4 Å². The van der Waals surface area contributed by atoms with E-state index in [2.05, 4.69) is 9.47 Å². The average Bonchev–Trinajstić information content (AvgIpc) is 2.27. The molecule has 102 valence electrons. The molecule has 0 radical (unpaired) electrons. The Balaban J connectivity index is 3.04. The second kappa shape index (κ2) is 6.09. The summed E-state index contributed by atoms with van der Waals surface area (Å²) in [7, 11) is 0. The third kappa shape index (κ3) is 4.50.